The summed E-state index contributed by atoms with van der Waals surface area (Å²) in [6, 6.07) is 9.05. The topological polar surface area (TPSA) is 66.4 Å². The molecule has 4 heteroatoms. The molecule has 0 bridgehead atoms. The summed E-state index contributed by atoms with van der Waals surface area (Å²) >= 11 is 0. The Hall–Kier alpha value is -1.84. The summed E-state index contributed by atoms with van der Waals surface area (Å²) in [4.78, 5) is 23.1. The molecule has 19 heavy (non-hydrogen) atoms. The second-order valence-corrected chi connectivity index (χ2v) is 5.33. The molecule has 0 saturated heterocycles. The number of amides is 1. The van der Waals surface area contributed by atoms with Crippen LogP contribution < -0.4 is 5.32 Å². The fourth-order valence-electron chi connectivity index (χ4n) is 2.49. The van der Waals surface area contributed by atoms with Gasteiger partial charge in [0.1, 0.15) is 6.04 Å². The fourth-order valence-corrected chi connectivity index (χ4v) is 2.49. The smallest absolute Gasteiger partial charge is 0.325 e. The van der Waals surface area contributed by atoms with Crippen molar-refractivity contribution in [2.45, 2.75) is 38.6 Å². The highest BCUT2D eigenvalue weighted by molar-refractivity contribution is 5.88. The van der Waals surface area contributed by atoms with Crippen LogP contribution in [-0.2, 0) is 16.0 Å². The average Bonchev–Trinajstić information content (AvgIpc) is 2.34. The maximum Gasteiger partial charge on any atom is 0.325 e. The fraction of sp³-hybridized carbons (Fsp3) is 0.467. The van der Waals surface area contributed by atoms with Crippen molar-refractivity contribution >= 4 is 11.9 Å². The van der Waals surface area contributed by atoms with E-state index >= 15 is 0 Å². The SMILES string of the molecule is C[C@@H](NC(=O)C1(Cc2ccccc2)CCC1)C(=O)O. The first-order valence-electron chi connectivity index (χ1n) is 6.61. The number of carboxylic acids is 1. The van der Waals surface area contributed by atoms with E-state index in [0.717, 1.165) is 24.8 Å². The Morgan fingerprint density at radius 1 is 1.32 bits per heavy atom. The summed E-state index contributed by atoms with van der Waals surface area (Å²) < 4.78 is 0. The molecule has 4 nitrogen and oxygen atoms in total. The molecule has 102 valence electrons. The van der Waals surface area contributed by atoms with Gasteiger partial charge in [-0.3, -0.25) is 9.59 Å². The van der Waals surface area contributed by atoms with E-state index in [1.54, 1.807) is 0 Å². The van der Waals surface area contributed by atoms with Crippen LogP contribution in [-0.4, -0.2) is 23.0 Å². The highest BCUT2D eigenvalue weighted by Crippen LogP contribution is 2.44. The van der Waals surface area contributed by atoms with E-state index in [1.807, 2.05) is 30.3 Å². The molecule has 1 atom stereocenters. The van der Waals surface area contributed by atoms with Crippen molar-refractivity contribution in [2.75, 3.05) is 0 Å². The van der Waals surface area contributed by atoms with Gasteiger partial charge in [0.15, 0.2) is 0 Å². The number of benzene rings is 1. The van der Waals surface area contributed by atoms with Crippen LogP contribution in [0.1, 0.15) is 31.7 Å². The van der Waals surface area contributed by atoms with Gasteiger partial charge < -0.3 is 10.4 Å². The molecule has 0 heterocycles. The van der Waals surface area contributed by atoms with E-state index in [2.05, 4.69) is 5.32 Å². The first-order chi connectivity index (χ1) is 9.03. The third-order valence-electron chi connectivity index (χ3n) is 3.90. The van der Waals surface area contributed by atoms with Gasteiger partial charge in [-0.1, -0.05) is 36.8 Å². The van der Waals surface area contributed by atoms with Gasteiger partial charge in [0.2, 0.25) is 5.91 Å². The predicted molar refractivity (Wildman–Crippen MR) is 71.7 cm³/mol. The van der Waals surface area contributed by atoms with Crippen molar-refractivity contribution in [1.82, 2.24) is 5.32 Å². The van der Waals surface area contributed by atoms with Crippen LogP contribution in [0, 0.1) is 5.41 Å². The Labute approximate surface area is 112 Å². The van der Waals surface area contributed by atoms with Crippen molar-refractivity contribution in [2.24, 2.45) is 5.41 Å². The van der Waals surface area contributed by atoms with E-state index in [0.29, 0.717) is 6.42 Å². The summed E-state index contributed by atoms with van der Waals surface area (Å²) in [6.45, 7) is 1.50. The normalized spacial score (nSPS) is 18.2. The Kier molecular flexibility index (Phi) is 3.88. The summed E-state index contributed by atoms with van der Waals surface area (Å²) in [5, 5.41) is 11.5. The molecule has 1 saturated carbocycles. The zero-order chi connectivity index (χ0) is 13.9. The van der Waals surface area contributed by atoms with Gasteiger partial charge in [0.25, 0.3) is 0 Å². The number of rotatable bonds is 5. The summed E-state index contributed by atoms with van der Waals surface area (Å²) in [7, 11) is 0. The van der Waals surface area contributed by atoms with E-state index < -0.39 is 17.4 Å². The summed E-state index contributed by atoms with van der Waals surface area (Å²) in [5.41, 5.74) is 0.714. The molecule has 0 radical (unpaired) electrons. The number of carboxylic acid groups (broad SMARTS) is 1. The molecule has 1 aliphatic carbocycles. The highest BCUT2D eigenvalue weighted by atomic mass is 16.4. The van der Waals surface area contributed by atoms with Crippen LogP contribution in [0.4, 0.5) is 0 Å². The first-order valence-corrected chi connectivity index (χ1v) is 6.61. The predicted octanol–water partition coefficient (Wildman–Crippen LogP) is 1.99. The van der Waals surface area contributed by atoms with Crippen molar-refractivity contribution in [3.05, 3.63) is 35.9 Å². The Balaban J connectivity index is 2.06. The molecule has 1 aliphatic rings. The number of nitrogens with one attached hydrogen (secondary N) is 1. The Morgan fingerprint density at radius 2 is 1.95 bits per heavy atom. The number of carbonyl (C=O) groups excluding carboxylic acids is 1. The van der Waals surface area contributed by atoms with Gasteiger partial charge >= 0.3 is 5.97 Å². The third kappa shape index (κ3) is 2.95. The van der Waals surface area contributed by atoms with Crippen LogP contribution in [0.15, 0.2) is 30.3 Å². The van der Waals surface area contributed by atoms with Crippen LogP contribution >= 0.6 is 0 Å². The van der Waals surface area contributed by atoms with Crippen LogP contribution in [0.3, 0.4) is 0 Å². The lowest BCUT2D eigenvalue weighted by Crippen LogP contribution is -2.51. The van der Waals surface area contributed by atoms with Gasteiger partial charge in [0, 0.05) is 0 Å². The van der Waals surface area contributed by atoms with Crippen LogP contribution in [0.25, 0.3) is 0 Å². The minimum absolute atomic E-state index is 0.127. The quantitative estimate of drug-likeness (QED) is 0.851. The lowest BCUT2D eigenvalue weighted by Gasteiger charge is -2.40. The monoisotopic (exact) mass is 261 g/mol. The standard InChI is InChI=1S/C15H19NO3/c1-11(13(17)18)16-14(19)15(8-5-9-15)10-12-6-3-2-4-7-12/h2-4,6-7,11H,5,8-10H2,1H3,(H,16,19)(H,17,18)/t11-/m1/s1. The number of aliphatic carboxylic acids is 1. The van der Waals surface area contributed by atoms with Gasteiger partial charge in [-0.15, -0.1) is 0 Å². The van der Waals surface area contributed by atoms with Crippen molar-refractivity contribution in [3.63, 3.8) is 0 Å². The molecule has 0 aromatic heterocycles. The minimum atomic E-state index is -0.998. The lowest BCUT2D eigenvalue weighted by atomic mass is 9.64. The molecule has 2 rings (SSSR count). The Morgan fingerprint density at radius 3 is 2.42 bits per heavy atom. The maximum atomic E-state index is 12.3. The molecular formula is C15H19NO3. The molecule has 1 aromatic carbocycles. The second-order valence-electron chi connectivity index (χ2n) is 5.33. The molecular weight excluding hydrogens is 242 g/mol. The van der Waals surface area contributed by atoms with Crippen molar-refractivity contribution in [1.29, 1.82) is 0 Å². The van der Waals surface area contributed by atoms with Crippen molar-refractivity contribution < 1.29 is 14.7 Å². The van der Waals surface area contributed by atoms with Gasteiger partial charge in [-0.2, -0.15) is 0 Å². The molecule has 1 aromatic rings. The third-order valence-corrected chi connectivity index (χ3v) is 3.90. The molecule has 1 fully saturated rings. The van der Waals surface area contributed by atoms with E-state index in [1.165, 1.54) is 6.92 Å². The zero-order valence-electron chi connectivity index (χ0n) is 11.1. The molecule has 0 aliphatic heterocycles. The highest BCUT2D eigenvalue weighted by Gasteiger charge is 2.44. The molecule has 1 amide bonds. The van der Waals surface area contributed by atoms with E-state index in [4.69, 9.17) is 5.11 Å². The van der Waals surface area contributed by atoms with Gasteiger partial charge in [-0.25, -0.2) is 0 Å². The second kappa shape index (κ2) is 5.43. The average molecular weight is 261 g/mol. The largest absolute Gasteiger partial charge is 0.480 e. The van der Waals surface area contributed by atoms with Crippen molar-refractivity contribution in [3.8, 4) is 0 Å². The minimum Gasteiger partial charge on any atom is -0.480 e. The Bertz CT molecular complexity index is 466. The van der Waals surface area contributed by atoms with E-state index in [9.17, 15) is 9.59 Å². The lowest BCUT2D eigenvalue weighted by molar-refractivity contribution is -0.145. The first kappa shape index (κ1) is 13.6. The van der Waals surface area contributed by atoms with Gasteiger partial charge in [-0.05, 0) is 31.7 Å². The summed E-state index contributed by atoms with van der Waals surface area (Å²) in [6.07, 6.45) is 3.38. The van der Waals surface area contributed by atoms with Crippen LogP contribution in [0.5, 0.6) is 0 Å². The maximum absolute atomic E-state index is 12.3. The van der Waals surface area contributed by atoms with Gasteiger partial charge in [0.05, 0.1) is 5.41 Å². The summed E-state index contributed by atoms with van der Waals surface area (Å²) in [5.74, 6) is -1.12. The molecule has 2 N–H and O–H groups in total. The number of carbonyl (C=O) groups is 2. The molecule has 0 unspecified atom stereocenters. The molecule has 0 spiro atoms. The number of hydrogen-bond acceptors (Lipinski definition) is 2. The van der Waals surface area contributed by atoms with Crippen LogP contribution in [0.2, 0.25) is 0 Å². The number of hydrogen-bond donors (Lipinski definition) is 2. The van der Waals surface area contributed by atoms with E-state index in [-0.39, 0.29) is 5.91 Å². The zero-order valence-corrected chi connectivity index (χ0v) is 11.1.